The van der Waals surface area contributed by atoms with E-state index in [0.717, 1.165) is 31.5 Å². The van der Waals surface area contributed by atoms with E-state index in [-0.39, 0.29) is 5.91 Å². The van der Waals surface area contributed by atoms with Crippen LogP contribution in [0, 0.1) is 0 Å². The van der Waals surface area contributed by atoms with Gasteiger partial charge in [0.1, 0.15) is 5.75 Å². The lowest BCUT2D eigenvalue weighted by Crippen LogP contribution is -2.07. The van der Waals surface area contributed by atoms with E-state index in [2.05, 4.69) is 42.2 Å². The Hall–Kier alpha value is -1.96. The van der Waals surface area contributed by atoms with Crippen molar-refractivity contribution < 1.29 is 9.53 Å². The van der Waals surface area contributed by atoms with Crippen molar-refractivity contribution in [3.8, 4) is 17.0 Å². The number of nitrogens with one attached hydrogen (secondary N) is 1. The van der Waals surface area contributed by atoms with Crippen molar-refractivity contribution in [1.82, 2.24) is 4.98 Å². The number of carbonyl (C=O) groups is 1. The maximum atomic E-state index is 12.1. The van der Waals surface area contributed by atoms with Crippen molar-refractivity contribution in [1.29, 1.82) is 0 Å². The molecule has 0 fully saturated rings. The van der Waals surface area contributed by atoms with Gasteiger partial charge in [-0.1, -0.05) is 34.1 Å². The minimum absolute atomic E-state index is 0.230. The summed E-state index contributed by atoms with van der Waals surface area (Å²) < 4.78 is 7.01. The van der Waals surface area contributed by atoms with E-state index in [4.69, 9.17) is 4.74 Å². The second-order valence-electron chi connectivity index (χ2n) is 5.26. The van der Waals surface area contributed by atoms with Gasteiger partial charge in [0.05, 0.1) is 17.3 Å². The molecule has 0 aliphatic rings. The maximum absolute atomic E-state index is 12.1. The fourth-order valence-corrected chi connectivity index (χ4v) is 3.90. The smallest absolute Gasteiger partial charge is 0.250 e. The summed E-state index contributed by atoms with van der Waals surface area (Å²) in [6.45, 7) is 0. The van der Waals surface area contributed by atoms with Gasteiger partial charge in [-0.15, -0.1) is 11.3 Å². The highest BCUT2D eigenvalue weighted by molar-refractivity contribution is 9.10. The largest absolute Gasteiger partial charge is 0.496 e. The lowest BCUT2D eigenvalue weighted by molar-refractivity contribution is -0.111. The zero-order valence-corrected chi connectivity index (χ0v) is 17.7. The van der Waals surface area contributed by atoms with Crippen LogP contribution in [0.2, 0.25) is 0 Å². The molecule has 0 radical (unpaired) electrons. The zero-order valence-electron chi connectivity index (χ0n) is 13.7. The number of nitrogens with zero attached hydrogens (tertiary/aromatic N) is 1. The Morgan fingerprint density at radius 2 is 2.08 bits per heavy atom. The molecule has 0 saturated heterocycles. The summed E-state index contributed by atoms with van der Waals surface area (Å²) in [7, 11) is 1.61. The number of anilines is 1. The summed E-state index contributed by atoms with van der Waals surface area (Å²) in [5.41, 5.74) is 2.71. The second kappa shape index (κ2) is 8.62. The number of halogens is 2. The van der Waals surface area contributed by atoms with Crippen molar-refractivity contribution in [2.75, 3.05) is 12.4 Å². The molecule has 1 aromatic heterocycles. The number of methoxy groups -OCH3 is 1. The summed E-state index contributed by atoms with van der Waals surface area (Å²) in [6.07, 6.45) is 3.22. The van der Waals surface area contributed by atoms with Gasteiger partial charge < -0.3 is 4.74 Å². The Bertz CT molecular complexity index is 970. The lowest BCUT2D eigenvalue weighted by atomic mass is 10.2. The molecule has 0 saturated carbocycles. The standard InChI is InChI=1S/C19H14Br2N2O2S/c1-25-17-7-5-12(9-15(17)21)6-8-18(24)23-19-22-16(11-26-19)13-3-2-4-14(20)10-13/h2-11H,1H3,(H,22,23,24). The Balaban J connectivity index is 1.66. The highest BCUT2D eigenvalue weighted by Crippen LogP contribution is 2.27. The van der Waals surface area contributed by atoms with E-state index in [1.165, 1.54) is 17.4 Å². The molecule has 26 heavy (non-hydrogen) atoms. The molecular formula is C19H14Br2N2O2S. The minimum atomic E-state index is -0.230. The maximum Gasteiger partial charge on any atom is 0.250 e. The topological polar surface area (TPSA) is 51.2 Å². The molecular weight excluding hydrogens is 480 g/mol. The average Bonchev–Trinajstić information content (AvgIpc) is 3.08. The molecule has 1 heterocycles. The normalized spacial score (nSPS) is 10.9. The molecule has 0 unspecified atom stereocenters. The molecule has 0 spiro atoms. The van der Waals surface area contributed by atoms with Gasteiger partial charge >= 0.3 is 0 Å². The van der Waals surface area contributed by atoms with Crippen LogP contribution in [-0.4, -0.2) is 18.0 Å². The lowest BCUT2D eigenvalue weighted by Gasteiger charge is -2.03. The number of benzene rings is 2. The number of aromatic nitrogens is 1. The number of carbonyl (C=O) groups excluding carboxylic acids is 1. The SMILES string of the molecule is COc1ccc(C=CC(=O)Nc2nc(-c3cccc(Br)c3)cs2)cc1Br. The van der Waals surface area contributed by atoms with E-state index >= 15 is 0 Å². The van der Waals surface area contributed by atoms with Crippen molar-refractivity contribution in [2.24, 2.45) is 0 Å². The quantitative estimate of drug-likeness (QED) is 0.443. The van der Waals surface area contributed by atoms with Gasteiger partial charge in [0.2, 0.25) is 5.91 Å². The van der Waals surface area contributed by atoms with Crippen molar-refractivity contribution in [3.05, 3.63) is 68.4 Å². The van der Waals surface area contributed by atoms with Crippen LogP contribution in [0.1, 0.15) is 5.56 Å². The van der Waals surface area contributed by atoms with E-state index < -0.39 is 0 Å². The molecule has 3 rings (SSSR count). The van der Waals surface area contributed by atoms with Gasteiger partial charge in [0.15, 0.2) is 5.13 Å². The average molecular weight is 494 g/mol. The van der Waals surface area contributed by atoms with E-state index in [1.807, 2.05) is 47.8 Å². The monoisotopic (exact) mass is 492 g/mol. The first kappa shape index (κ1) is 18.8. The number of ether oxygens (including phenoxy) is 1. The number of amides is 1. The van der Waals surface area contributed by atoms with Crippen LogP contribution < -0.4 is 10.1 Å². The zero-order chi connectivity index (χ0) is 18.5. The predicted octanol–water partition coefficient (Wildman–Crippen LogP) is 6.00. The van der Waals surface area contributed by atoms with Crippen LogP contribution in [0.15, 0.2) is 62.9 Å². The van der Waals surface area contributed by atoms with Gasteiger partial charge in [-0.25, -0.2) is 4.98 Å². The summed E-state index contributed by atoms with van der Waals surface area (Å²) in [5.74, 6) is 0.515. The first-order valence-electron chi connectivity index (χ1n) is 7.59. The Kier molecular flexibility index (Phi) is 6.24. The molecule has 0 bridgehead atoms. The van der Waals surface area contributed by atoms with Crippen molar-refractivity contribution in [3.63, 3.8) is 0 Å². The number of rotatable bonds is 5. The Labute approximate surface area is 172 Å². The van der Waals surface area contributed by atoms with Crippen LogP contribution in [0.5, 0.6) is 5.75 Å². The third-order valence-corrected chi connectivity index (χ3v) is 5.33. The summed E-state index contributed by atoms with van der Waals surface area (Å²) in [6, 6.07) is 13.5. The fourth-order valence-electron chi connectivity index (χ4n) is 2.22. The number of hydrogen-bond acceptors (Lipinski definition) is 4. The Morgan fingerprint density at radius 1 is 1.23 bits per heavy atom. The van der Waals surface area contributed by atoms with E-state index in [0.29, 0.717) is 5.13 Å². The van der Waals surface area contributed by atoms with Crippen molar-refractivity contribution in [2.45, 2.75) is 0 Å². The van der Waals surface area contributed by atoms with E-state index in [1.54, 1.807) is 13.2 Å². The molecule has 4 nitrogen and oxygen atoms in total. The summed E-state index contributed by atoms with van der Waals surface area (Å²) in [5, 5.41) is 5.27. The molecule has 2 aromatic carbocycles. The number of thiazole rings is 1. The molecule has 1 amide bonds. The first-order chi connectivity index (χ1) is 12.5. The van der Waals surface area contributed by atoms with Gasteiger partial charge in [-0.05, 0) is 51.8 Å². The van der Waals surface area contributed by atoms with Gasteiger partial charge in [0.25, 0.3) is 0 Å². The highest BCUT2D eigenvalue weighted by Gasteiger charge is 2.07. The van der Waals surface area contributed by atoms with Crippen LogP contribution in [0.4, 0.5) is 5.13 Å². The third-order valence-electron chi connectivity index (χ3n) is 3.46. The second-order valence-corrected chi connectivity index (χ2v) is 7.89. The van der Waals surface area contributed by atoms with Gasteiger partial charge in [-0.2, -0.15) is 0 Å². The minimum Gasteiger partial charge on any atom is -0.496 e. The van der Waals surface area contributed by atoms with Gasteiger partial charge in [-0.3, -0.25) is 10.1 Å². The van der Waals surface area contributed by atoms with Crippen molar-refractivity contribution >= 4 is 60.3 Å². The molecule has 0 aliphatic carbocycles. The van der Waals surface area contributed by atoms with E-state index in [9.17, 15) is 4.79 Å². The van der Waals surface area contributed by atoms with Gasteiger partial charge in [0, 0.05) is 21.5 Å². The molecule has 1 N–H and O–H groups in total. The highest BCUT2D eigenvalue weighted by atomic mass is 79.9. The van der Waals surface area contributed by atoms with Crippen LogP contribution in [-0.2, 0) is 4.79 Å². The first-order valence-corrected chi connectivity index (χ1v) is 10.1. The summed E-state index contributed by atoms with van der Waals surface area (Å²) in [4.78, 5) is 16.6. The molecule has 0 atom stereocenters. The van der Waals surface area contributed by atoms with Crippen LogP contribution >= 0.6 is 43.2 Å². The molecule has 7 heteroatoms. The molecule has 132 valence electrons. The number of hydrogen-bond donors (Lipinski definition) is 1. The Morgan fingerprint density at radius 3 is 2.81 bits per heavy atom. The van der Waals surface area contributed by atoms with Crippen LogP contribution in [0.3, 0.4) is 0 Å². The third kappa shape index (κ3) is 4.81. The predicted molar refractivity (Wildman–Crippen MR) is 114 cm³/mol. The summed E-state index contributed by atoms with van der Waals surface area (Å²) >= 11 is 8.27. The fraction of sp³-hybridized carbons (Fsp3) is 0.0526. The molecule has 0 aliphatic heterocycles. The van der Waals surface area contributed by atoms with Crippen LogP contribution in [0.25, 0.3) is 17.3 Å². The molecule has 3 aromatic rings.